The topological polar surface area (TPSA) is 73.3 Å². The highest BCUT2D eigenvalue weighted by molar-refractivity contribution is 7.18. The van der Waals surface area contributed by atoms with Crippen molar-refractivity contribution in [2.24, 2.45) is 0 Å². The van der Waals surface area contributed by atoms with E-state index in [2.05, 4.69) is 15.5 Å². The van der Waals surface area contributed by atoms with E-state index in [4.69, 9.17) is 9.47 Å². The number of benzene rings is 2. The number of aryl methyl sites for hydroxylation is 1. The van der Waals surface area contributed by atoms with Crippen LogP contribution in [0, 0.1) is 6.92 Å². The number of hydrogen-bond donors (Lipinski definition) is 1. The molecule has 0 fully saturated rings. The molecule has 2 aromatic carbocycles. The van der Waals surface area contributed by atoms with Crippen LogP contribution in [0.25, 0.3) is 10.6 Å². The molecule has 3 rings (SSSR count). The van der Waals surface area contributed by atoms with Crippen molar-refractivity contribution in [2.45, 2.75) is 20.0 Å². The molecule has 1 N–H and O–H groups in total. The maximum atomic E-state index is 12.3. The Balaban J connectivity index is 1.61. The van der Waals surface area contributed by atoms with E-state index in [9.17, 15) is 4.79 Å². The van der Waals surface area contributed by atoms with Crippen molar-refractivity contribution in [3.05, 3.63) is 54.1 Å². The summed E-state index contributed by atoms with van der Waals surface area (Å²) in [6.45, 7) is 3.71. The predicted octanol–water partition coefficient (Wildman–Crippen LogP) is 3.93. The van der Waals surface area contributed by atoms with Crippen molar-refractivity contribution in [3.8, 4) is 22.1 Å². The summed E-state index contributed by atoms with van der Waals surface area (Å²) < 4.78 is 10.7. The maximum Gasteiger partial charge on any atom is 0.266 e. The van der Waals surface area contributed by atoms with Gasteiger partial charge in [-0.2, -0.15) is 0 Å². The number of carbonyl (C=O) groups is 1. The molecule has 0 radical (unpaired) electrons. The first-order valence-corrected chi connectivity index (χ1v) is 8.89. The van der Waals surface area contributed by atoms with Gasteiger partial charge >= 0.3 is 0 Å². The molecule has 7 heteroatoms. The van der Waals surface area contributed by atoms with Gasteiger partial charge in [0.05, 0.1) is 7.11 Å². The molecule has 1 amide bonds. The highest BCUT2D eigenvalue weighted by Gasteiger charge is 2.17. The number of hydrogen-bond acceptors (Lipinski definition) is 6. The normalized spacial score (nSPS) is 11.7. The van der Waals surface area contributed by atoms with Crippen LogP contribution in [0.5, 0.6) is 11.5 Å². The molecule has 0 saturated carbocycles. The molecule has 6 nitrogen and oxygen atoms in total. The lowest BCUT2D eigenvalue weighted by Crippen LogP contribution is -2.30. The molecular weight excluding hydrogens is 350 g/mol. The quantitative estimate of drug-likeness (QED) is 0.713. The number of nitrogens with one attached hydrogen (secondary N) is 1. The van der Waals surface area contributed by atoms with Crippen molar-refractivity contribution < 1.29 is 14.3 Å². The molecule has 0 spiro atoms. The summed E-state index contributed by atoms with van der Waals surface area (Å²) in [5, 5.41) is 12.1. The number of nitrogens with zero attached hydrogens (tertiary/aromatic N) is 2. The highest BCUT2D eigenvalue weighted by Crippen LogP contribution is 2.26. The number of methoxy groups -OCH3 is 1. The van der Waals surface area contributed by atoms with Crippen LogP contribution in [-0.2, 0) is 4.79 Å². The van der Waals surface area contributed by atoms with Crippen LogP contribution in [-0.4, -0.2) is 29.3 Å². The Morgan fingerprint density at radius 1 is 1.04 bits per heavy atom. The van der Waals surface area contributed by atoms with Gasteiger partial charge in [0, 0.05) is 5.56 Å². The molecule has 0 aliphatic rings. The van der Waals surface area contributed by atoms with Crippen molar-refractivity contribution in [3.63, 3.8) is 0 Å². The first-order valence-electron chi connectivity index (χ1n) is 8.07. The first-order chi connectivity index (χ1) is 12.5. The molecule has 1 atom stereocenters. The Kier molecular flexibility index (Phi) is 5.48. The Hall–Kier alpha value is -2.93. The minimum absolute atomic E-state index is 0.285. The van der Waals surface area contributed by atoms with Gasteiger partial charge in [-0.25, -0.2) is 0 Å². The van der Waals surface area contributed by atoms with Crippen molar-refractivity contribution in [1.29, 1.82) is 0 Å². The fourth-order valence-corrected chi connectivity index (χ4v) is 2.96. The Morgan fingerprint density at radius 3 is 2.35 bits per heavy atom. The summed E-state index contributed by atoms with van der Waals surface area (Å²) in [4.78, 5) is 12.3. The van der Waals surface area contributed by atoms with Crippen molar-refractivity contribution in [2.75, 3.05) is 12.4 Å². The van der Waals surface area contributed by atoms with E-state index in [-0.39, 0.29) is 5.91 Å². The van der Waals surface area contributed by atoms with Crippen LogP contribution in [0.15, 0.2) is 48.5 Å². The zero-order valence-corrected chi connectivity index (χ0v) is 15.5. The second-order valence-electron chi connectivity index (χ2n) is 5.70. The fourth-order valence-electron chi connectivity index (χ4n) is 2.21. The van der Waals surface area contributed by atoms with Crippen LogP contribution in [0.3, 0.4) is 0 Å². The lowest BCUT2D eigenvalue weighted by Gasteiger charge is -2.13. The number of ether oxygens (including phenoxy) is 2. The average Bonchev–Trinajstić information content (AvgIpc) is 3.11. The summed E-state index contributed by atoms with van der Waals surface area (Å²) in [7, 11) is 1.60. The Labute approximate surface area is 155 Å². The maximum absolute atomic E-state index is 12.3. The lowest BCUT2D eigenvalue weighted by molar-refractivity contribution is -0.122. The summed E-state index contributed by atoms with van der Waals surface area (Å²) in [6, 6.07) is 15.1. The molecule has 134 valence electrons. The van der Waals surface area contributed by atoms with E-state index in [1.807, 2.05) is 31.2 Å². The average molecular weight is 369 g/mol. The number of amides is 1. The summed E-state index contributed by atoms with van der Waals surface area (Å²) in [6.07, 6.45) is -0.671. The first kappa shape index (κ1) is 17.9. The van der Waals surface area contributed by atoms with E-state index < -0.39 is 6.10 Å². The molecule has 26 heavy (non-hydrogen) atoms. The van der Waals surface area contributed by atoms with Gasteiger partial charge in [-0.05, 0) is 38.1 Å². The van der Waals surface area contributed by atoms with E-state index in [1.165, 1.54) is 16.9 Å². The van der Waals surface area contributed by atoms with Crippen molar-refractivity contribution >= 4 is 22.4 Å². The number of rotatable bonds is 6. The van der Waals surface area contributed by atoms with E-state index in [1.54, 1.807) is 38.3 Å². The third kappa shape index (κ3) is 4.37. The highest BCUT2D eigenvalue weighted by atomic mass is 32.1. The van der Waals surface area contributed by atoms with Crippen LogP contribution in [0.2, 0.25) is 0 Å². The lowest BCUT2D eigenvalue weighted by atomic mass is 10.2. The molecule has 0 aliphatic heterocycles. The molecule has 1 aromatic heterocycles. The van der Waals surface area contributed by atoms with Gasteiger partial charge in [-0.15, -0.1) is 10.2 Å². The van der Waals surface area contributed by atoms with E-state index in [0.717, 1.165) is 16.3 Å². The largest absolute Gasteiger partial charge is 0.497 e. The molecule has 0 aliphatic carbocycles. The van der Waals surface area contributed by atoms with Crippen molar-refractivity contribution in [1.82, 2.24) is 10.2 Å². The molecule has 0 saturated heterocycles. The van der Waals surface area contributed by atoms with Gasteiger partial charge in [0.15, 0.2) is 6.10 Å². The minimum Gasteiger partial charge on any atom is -0.497 e. The monoisotopic (exact) mass is 369 g/mol. The summed E-state index contributed by atoms with van der Waals surface area (Å²) >= 11 is 1.32. The fraction of sp³-hybridized carbons (Fsp3) is 0.211. The van der Waals surface area contributed by atoms with Gasteiger partial charge in [0.2, 0.25) is 5.13 Å². The van der Waals surface area contributed by atoms with Gasteiger partial charge < -0.3 is 9.47 Å². The molecular formula is C19H19N3O3S. The van der Waals surface area contributed by atoms with Gasteiger partial charge in [0.1, 0.15) is 16.5 Å². The zero-order chi connectivity index (χ0) is 18.5. The Morgan fingerprint density at radius 2 is 1.69 bits per heavy atom. The minimum atomic E-state index is -0.671. The van der Waals surface area contributed by atoms with Crippen LogP contribution in [0.1, 0.15) is 12.5 Å². The SMILES string of the molecule is COc1ccc(O[C@H](C)C(=O)Nc2nnc(-c3ccc(C)cc3)s2)cc1. The molecule has 3 aromatic rings. The van der Waals surface area contributed by atoms with E-state index >= 15 is 0 Å². The number of aromatic nitrogens is 2. The zero-order valence-electron chi connectivity index (χ0n) is 14.7. The van der Waals surface area contributed by atoms with Gasteiger partial charge in [0.25, 0.3) is 5.91 Å². The second-order valence-corrected chi connectivity index (χ2v) is 6.68. The third-order valence-corrected chi connectivity index (χ3v) is 4.58. The predicted molar refractivity (Wildman–Crippen MR) is 102 cm³/mol. The third-order valence-electron chi connectivity index (χ3n) is 3.70. The molecule has 1 heterocycles. The van der Waals surface area contributed by atoms with Gasteiger partial charge in [-0.1, -0.05) is 41.2 Å². The molecule has 0 unspecified atom stereocenters. The smallest absolute Gasteiger partial charge is 0.266 e. The van der Waals surface area contributed by atoms with Gasteiger partial charge in [-0.3, -0.25) is 10.1 Å². The van der Waals surface area contributed by atoms with Crippen LogP contribution < -0.4 is 14.8 Å². The second kappa shape index (κ2) is 7.97. The number of anilines is 1. The van der Waals surface area contributed by atoms with E-state index in [0.29, 0.717) is 10.9 Å². The van der Waals surface area contributed by atoms with Crippen LogP contribution in [0.4, 0.5) is 5.13 Å². The summed E-state index contributed by atoms with van der Waals surface area (Å²) in [5.41, 5.74) is 2.15. The summed E-state index contributed by atoms with van der Waals surface area (Å²) in [5.74, 6) is 1.03. The standard InChI is InChI=1S/C19H19N3O3S/c1-12-4-6-14(7-5-12)18-21-22-19(26-18)20-17(23)13(2)25-16-10-8-15(24-3)9-11-16/h4-11,13H,1-3H3,(H,20,22,23)/t13-/m1/s1. The number of carbonyl (C=O) groups excluding carboxylic acids is 1. The van der Waals surface area contributed by atoms with Crippen LogP contribution >= 0.6 is 11.3 Å². The molecule has 0 bridgehead atoms. The Bertz CT molecular complexity index is 876.